The Bertz CT molecular complexity index is 640. The van der Waals surface area contributed by atoms with Crippen molar-refractivity contribution >= 4 is 11.0 Å². The van der Waals surface area contributed by atoms with E-state index < -0.39 is 5.82 Å². The van der Waals surface area contributed by atoms with Crippen LogP contribution in [-0.2, 0) is 11.3 Å². The molecular formula is C13H13FN4O. The number of ether oxygens (including phenoxy) is 1. The van der Waals surface area contributed by atoms with E-state index in [9.17, 15) is 4.39 Å². The van der Waals surface area contributed by atoms with Crippen molar-refractivity contribution in [1.82, 2.24) is 15.0 Å². The normalized spacial score (nSPS) is 16.6. The number of benzene rings is 1. The lowest BCUT2D eigenvalue weighted by atomic mass is 10.0. The first-order chi connectivity index (χ1) is 9.29. The highest BCUT2D eigenvalue weighted by atomic mass is 19.1. The SMILES string of the molecule is N#Cc1c(F)ccc2nnn(CC3CCOCC3)c12. The summed E-state index contributed by atoms with van der Waals surface area (Å²) in [6, 6.07) is 4.71. The van der Waals surface area contributed by atoms with Gasteiger partial charge in [-0.15, -0.1) is 5.10 Å². The van der Waals surface area contributed by atoms with Gasteiger partial charge in [0.15, 0.2) is 0 Å². The largest absolute Gasteiger partial charge is 0.381 e. The summed E-state index contributed by atoms with van der Waals surface area (Å²) < 4.78 is 20.6. The van der Waals surface area contributed by atoms with Crippen molar-refractivity contribution in [2.75, 3.05) is 13.2 Å². The number of halogens is 1. The molecule has 1 aliphatic rings. The highest BCUT2D eigenvalue weighted by Crippen LogP contribution is 2.22. The Kier molecular flexibility index (Phi) is 3.13. The number of rotatable bonds is 2. The van der Waals surface area contributed by atoms with Crippen molar-refractivity contribution in [3.63, 3.8) is 0 Å². The number of fused-ring (bicyclic) bond motifs is 1. The molecule has 1 fully saturated rings. The molecule has 0 N–H and O–H groups in total. The molecule has 98 valence electrons. The molecule has 5 nitrogen and oxygen atoms in total. The van der Waals surface area contributed by atoms with Crippen molar-refractivity contribution < 1.29 is 9.13 Å². The number of hydrogen-bond donors (Lipinski definition) is 0. The molecular weight excluding hydrogens is 247 g/mol. The minimum absolute atomic E-state index is 0.0227. The zero-order valence-electron chi connectivity index (χ0n) is 10.3. The average molecular weight is 260 g/mol. The van der Waals surface area contributed by atoms with Gasteiger partial charge in [-0.2, -0.15) is 5.26 Å². The molecule has 0 radical (unpaired) electrons. The van der Waals surface area contributed by atoms with Crippen LogP contribution in [0.5, 0.6) is 0 Å². The number of nitrogens with zero attached hydrogens (tertiary/aromatic N) is 4. The van der Waals surface area contributed by atoms with Crippen LogP contribution < -0.4 is 0 Å². The van der Waals surface area contributed by atoms with Gasteiger partial charge in [-0.3, -0.25) is 0 Å². The molecule has 0 amide bonds. The summed E-state index contributed by atoms with van der Waals surface area (Å²) in [5, 5.41) is 17.1. The predicted octanol–water partition coefficient (Wildman–Crippen LogP) is 1.87. The Morgan fingerprint density at radius 1 is 1.42 bits per heavy atom. The third kappa shape index (κ3) is 2.17. The highest BCUT2D eigenvalue weighted by molar-refractivity contribution is 5.81. The van der Waals surface area contributed by atoms with E-state index in [2.05, 4.69) is 10.3 Å². The first-order valence-corrected chi connectivity index (χ1v) is 6.29. The summed E-state index contributed by atoms with van der Waals surface area (Å²) >= 11 is 0. The van der Waals surface area contributed by atoms with Gasteiger partial charge in [0.1, 0.15) is 28.5 Å². The number of nitriles is 1. The van der Waals surface area contributed by atoms with Crippen LogP contribution >= 0.6 is 0 Å². The second-order valence-electron chi connectivity index (χ2n) is 4.73. The molecule has 0 spiro atoms. The molecule has 0 saturated carbocycles. The minimum atomic E-state index is -0.523. The molecule has 1 saturated heterocycles. The van der Waals surface area contributed by atoms with Crippen LogP contribution in [0, 0.1) is 23.1 Å². The zero-order chi connectivity index (χ0) is 13.2. The van der Waals surface area contributed by atoms with Gasteiger partial charge in [-0.1, -0.05) is 5.21 Å². The van der Waals surface area contributed by atoms with Crippen molar-refractivity contribution in [2.45, 2.75) is 19.4 Å². The van der Waals surface area contributed by atoms with Gasteiger partial charge in [0, 0.05) is 19.8 Å². The predicted molar refractivity (Wildman–Crippen MR) is 65.7 cm³/mol. The summed E-state index contributed by atoms with van der Waals surface area (Å²) in [6.45, 7) is 2.14. The van der Waals surface area contributed by atoms with Gasteiger partial charge in [0.05, 0.1) is 0 Å². The quantitative estimate of drug-likeness (QED) is 0.826. The summed E-state index contributed by atoms with van der Waals surface area (Å²) in [4.78, 5) is 0. The van der Waals surface area contributed by atoms with Gasteiger partial charge < -0.3 is 4.74 Å². The molecule has 1 aromatic heterocycles. The molecule has 19 heavy (non-hydrogen) atoms. The summed E-state index contributed by atoms with van der Waals surface area (Å²) in [5.41, 5.74) is 1.08. The smallest absolute Gasteiger partial charge is 0.143 e. The highest BCUT2D eigenvalue weighted by Gasteiger charge is 2.19. The fourth-order valence-electron chi connectivity index (χ4n) is 2.45. The maximum absolute atomic E-state index is 13.6. The third-order valence-electron chi connectivity index (χ3n) is 3.51. The van der Waals surface area contributed by atoms with Crippen LogP contribution in [-0.4, -0.2) is 28.2 Å². The van der Waals surface area contributed by atoms with Crippen LogP contribution in [0.25, 0.3) is 11.0 Å². The van der Waals surface area contributed by atoms with Crippen LogP contribution in [0.4, 0.5) is 4.39 Å². The third-order valence-corrected chi connectivity index (χ3v) is 3.51. The second-order valence-corrected chi connectivity index (χ2v) is 4.73. The summed E-state index contributed by atoms with van der Waals surface area (Å²) in [6.07, 6.45) is 1.91. The molecule has 6 heteroatoms. The molecule has 0 aliphatic carbocycles. The number of aromatic nitrogens is 3. The Hall–Kier alpha value is -2.00. The molecule has 0 atom stereocenters. The lowest BCUT2D eigenvalue weighted by molar-refractivity contribution is 0.0604. The summed E-state index contributed by atoms with van der Waals surface area (Å²) in [7, 11) is 0. The van der Waals surface area contributed by atoms with Crippen molar-refractivity contribution in [3.05, 3.63) is 23.5 Å². The van der Waals surface area contributed by atoms with Gasteiger partial charge in [0.25, 0.3) is 0 Å². The Morgan fingerprint density at radius 3 is 2.95 bits per heavy atom. The van der Waals surface area contributed by atoms with Crippen molar-refractivity contribution in [1.29, 1.82) is 5.26 Å². The Morgan fingerprint density at radius 2 is 2.21 bits per heavy atom. The van der Waals surface area contributed by atoms with E-state index in [-0.39, 0.29) is 5.56 Å². The minimum Gasteiger partial charge on any atom is -0.381 e. The summed E-state index contributed by atoms with van der Waals surface area (Å²) in [5.74, 6) is -0.0843. The lowest BCUT2D eigenvalue weighted by Gasteiger charge is -2.21. The fraction of sp³-hybridized carbons (Fsp3) is 0.462. The van der Waals surface area contributed by atoms with E-state index >= 15 is 0 Å². The van der Waals surface area contributed by atoms with E-state index in [0.717, 1.165) is 26.1 Å². The first-order valence-electron chi connectivity index (χ1n) is 6.29. The standard InChI is InChI=1S/C13H13FN4O/c14-11-1-2-12-13(10(11)7-15)18(17-16-12)8-9-3-5-19-6-4-9/h1-2,9H,3-6,8H2. The van der Waals surface area contributed by atoms with Gasteiger partial charge in [-0.05, 0) is 30.9 Å². The van der Waals surface area contributed by atoms with E-state index in [1.165, 1.54) is 6.07 Å². The monoisotopic (exact) mass is 260 g/mol. The molecule has 0 bridgehead atoms. The number of hydrogen-bond acceptors (Lipinski definition) is 4. The molecule has 2 aromatic rings. The molecule has 2 heterocycles. The lowest BCUT2D eigenvalue weighted by Crippen LogP contribution is -2.21. The van der Waals surface area contributed by atoms with E-state index in [1.807, 2.05) is 6.07 Å². The van der Waals surface area contributed by atoms with Crippen LogP contribution in [0.2, 0.25) is 0 Å². The van der Waals surface area contributed by atoms with Crippen LogP contribution in [0.15, 0.2) is 12.1 Å². The topological polar surface area (TPSA) is 63.7 Å². The zero-order valence-corrected chi connectivity index (χ0v) is 10.3. The van der Waals surface area contributed by atoms with E-state index in [4.69, 9.17) is 10.00 Å². The molecule has 1 aromatic carbocycles. The van der Waals surface area contributed by atoms with Gasteiger partial charge in [-0.25, -0.2) is 9.07 Å². The Labute approximate surface area is 109 Å². The molecule has 0 unspecified atom stereocenters. The van der Waals surface area contributed by atoms with Crippen molar-refractivity contribution in [3.8, 4) is 6.07 Å². The average Bonchev–Trinajstić information content (AvgIpc) is 2.83. The van der Waals surface area contributed by atoms with Gasteiger partial charge >= 0.3 is 0 Å². The Balaban J connectivity index is 1.99. The van der Waals surface area contributed by atoms with E-state index in [1.54, 1.807) is 10.7 Å². The maximum atomic E-state index is 13.6. The first kappa shape index (κ1) is 12.1. The van der Waals surface area contributed by atoms with Gasteiger partial charge in [0.2, 0.25) is 0 Å². The second kappa shape index (κ2) is 4.94. The van der Waals surface area contributed by atoms with E-state index in [0.29, 0.717) is 23.5 Å². The molecule has 1 aliphatic heterocycles. The van der Waals surface area contributed by atoms with Crippen LogP contribution in [0.3, 0.4) is 0 Å². The van der Waals surface area contributed by atoms with Crippen molar-refractivity contribution in [2.24, 2.45) is 5.92 Å². The fourth-order valence-corrected chi connectivity index (χ4v) is 2.45. The molecule has 3 rings (SSSR count). The van der Waals surface area contributed by atoms with Crippen LogP contribution in [0.1, 0.15) is 18.4 Å². The maximum Gasteiger partial charge on any atom is 0.143 e.